The lowest BCUT2D eigenvalue weighted by Gasteiger charge is -2.22. The normalized spacial score (nSPS) is 12.9. The van der Waals surface area contributed by atoms with Crippen LogP contribution in [0.3, 0.4) is 0 Å². The molecule has 1 atom stereocenters. The third-order valence-corrected chi connectivity index (χ3v) is 3.08. The van der Waals surface area contributed by atoms with Crippen LogP contribution >= 0.6 is 0 Å². The molecule has 0 bridgehead atoms. The minimum absolute atomic E-state index is 0.564. The quantitative estimate of drug-likeness (QED) is 0.825. The van der Waals surface area contributed by atoms with Gasteiger partial charge in [0, 0.05) is 6.54 Å². The molecule has 1 aromatic rings. The Kier molecular flexibility index (Phi) is 4.81. The van der Waals surface area contributed by atoms with Crippen molar-refractivity contribution in [2.45, 2.75) is 26.7 Å². The molecule has 0 saturated carbocycles. The fourth-order valence-corrected chi connectivity index (χ4v) is 2.09. The first-order valence-electron chi connectivity index (χ1n) is 5.89. The molecular formula is C14H23NO. The molecule has 0 saturated heterocycles. The lowest BCUT2D eigenvalue weighted by atomic mass is 9.87. The number of nitrogens with one attached hydrogen (secondary N) is 1. The van der Waals surface area contributed by atoms with Gasteiger partial charge in [0.2, 0.25) is 0 Å². The van der Waals surface area contributed by atoms with Gasteiger partial charge in [0.25, 0.3) is 0 Å². The summed E-state index contributed by atoms with van der Waals surface area (Å²) in [6.45, 7) is 7.64. The lowest BCUT2D eigenvalue weighted by molar-refractivity contribution is 0.410. The molecule has 0 amide bonds. The zero-order valence-corrected chi connectivity index (χ0v) is 11.0. The van der Waals surface area contributed by atoms with Crippen molar-refractivity contribution in [3.05, 3.63) is 29.3 Å². The van der Waals surface area contributed by atoms with E-state index in [1.807, 2.05) is 7.05 Å². The largest absolute Gasteiger partial charge is 0.496 e. The van der Waals surface area contributed by atoms with Crippen LogP contribution in [0.2, 0.25) is 0 Å². The molecule has 0 radical (unpaired) electrons. The monoisotopic (exact) mass is 221 g/mol. The highest BCUT2D eigenvalue weighted by molar-refractivity contribution is 5.37. The van der Waals surface area contributed by atoms with Crippen LogP contribution in [-0.4, -0.2) is 20.7 Å². The van der Waals surface area contributed by atoms with Gasteiger partial charge in [-0.3, -0.25) is 0 Å². The van der Waals surface area contributed by atoms with Gasteiger partial charge in [-0.05, 0) is 43.0 Å². The van der Waals surface area contributed by atoms with Crippen LogP contribution in [0.25, 0.3) is 0 Å². The summed E-state index contributed by atoms with van der Waals surface area (Å²) in [5.41, 5.74) is 2.60. The Morgan fingerprint density at radius 3 is 2.44 bits per heavy atom. The van der Waals surface area contributed by atoms with E-state index in [2.05, 4.69) is 44.3 Å². The summed E-state index contributed by atoms with van der Waals surface area (Å²) in [5, 5.41) is 3.26. The summed E-state index contributed by atoms with van der Waals surface area (Å²) in [5.74, 6) is 2.17. The highest BCUT2D eigenvalue weighted by atomic mass is 16.5. The van der Waals surface area contributed by atoms with E-state index >= 15 is 0 Å². The molecule has 1 rings (SSSR count). The summed E-state index contributed by atoms with van der Waals surface area (Å²) in [4.78, 5) is 0. The predicted octanol–water partition coefficient (Wildman–Crippen LogP) is 2.96. The Morgan fingerprint density at radius 2 is 2.00 bits per heavy atom. The fraction of sp³-hybridized carbons (Fsp3) is 0.571. The number of benzene rings is 1. The van der Waals surface area contributed by atoms with E-state index in [-0.39, 0.29) is 0 Å². The topological polar surface area (TPSA) is 21.3 Å². The van der Waals surface area contributed by atoms with Crippen molar-refractivity contribution in [2.24, 2.45) is 5.92 Å². The molecule has 1 unspecified atom stereocenters. The summed E-state index contributed by atoms with van der Waals surface area (Å²) < 4.78 is 5.28. The van der Waals surface area contributed by atoms with Crippen LogP contribution in [0.4, 0.5) is 0 Å². The molecular weight excluding hydrogens is 198 g/mol. The van der Waals surface area contributed by atoms with Crippen LogP contribution in [0.5, 0.6) is 5.75 Å². The van der Waals surface area contributed by atoms with Crippen LogP contribution in [0.15, 0.2) is 18.2 Å². The van der Waals surface area contributed by atoms with E-state index in [4.69, 9.17) is 4.74 Å². The third-order valence-electron chi connectivity index (χ3n) is 3.08. The second kappa shape index (κ2) is 5.90. The molecule has 1 N–H and O–H groups in total. The van der Waals surface area contributed by atoms with E-state index in [0.29, 0.717) is 11.8 Å². The number of hydrogen-bond acceptors (Lipinski definition) is 2. The van der Waals surface area contributed by atoms with E-state index in [9.17, 15) is 0 Å². The van der Waals surface area contributed by atoms with Crippen molar-refractivity contribution < 1.29 is 4.74 Å². The average molecular weight is 221 g/mol. The van der Waals surface area contributed by atoms with Crippen molar-refractivity contribution in [1.82, 2.24) is 5.32 Å². The van der Waals surface area contributed by atoms with Gasteiger partial charge in [0.15, 0.2) is 0 Å². The van der Waals surface area contributed by atoms with Crippen molar-refractivity contribution in [3.8, 4) is 5.75 Å². The second-order valence-electron chi connectivity index (χ2n) is 4.64. The minimum atomic E-state index is 0.564. The lowest BCUT2D eigenvalue weighted by Crippen LogP contribution is -2.21. The SMILES string of the molecule is CNCC(c1ccc(OC)c(C)c1)C(C)C. The highest BCUT2D eigenvalue weighted by Gasteiger charge is 2.15. The number of hydrogen-bond donors (Lipinski definition) is 1. The highest BCUT2D eigenvalue weighted by Crippen LogP contribution is 2.27. The molecule has 0 aliphatic heterocycles. The Morgan fingerprint density at radius 1 is 1.31 bits per heavy atom. The van der Waals surface area contributed by atoms with E-state index in [1.165, 1.54) is 11.1 Å². The first-order valence-corrected chi connectivity index (χ1v) is 5.89. The van der Waals surface area contributed by atoms with Crippen molar-refractivity contribution in [2.75, 3.05) is 20.7 Å². The van der Waals surface area contributed by atoms with Crippen LogP contribution in [-0.2, 0) is 0 Å². The van der Waals surface area contributed by atoms with E-state index in [1.54, 1.807) is 7.11 Å². The van der Waals surface area contributed by atoms with Crippen molar-refractivity contribution in [1.29, 1.82) is 0 Å². The molecule has 0 fully saturated rings. The molecule has 1 aromatic carbocycles. The van der Waals surface area contributed by atoms with Gasteiger partial charge in [-0.25, -0.2) is 0 Å². The maximum Gasteiger partial charge on any atom is 0.121 e. The molecule has 0 heterocycles. The molecule has 2 heteroatoms. The van der Waals surface area contributed by atoms with Gasteiger partial charge in [0.1, 0.15) is 5.75 Å². The van der Waals surface area contributed by atoms with Gasteiger partial charge in [-0.2, -0.15) is 0 Å². The summed E-state index contributed by atoms with van der Waals surface area (Å²) in [6.07, 6.45) is 0. The molecule has 0 aromatic heterocycles. The summed E-state index contributed by atoms with van der Waals surface area (Å²) in [7, 11) is 3.72. The van der Waals surface area contributed by atoms with Crippen LogP contribution in [0.1, 0.15) is 30.9 Å². The van der Waals surface area contributed by atoms with Crippen LogP contribution in [0, 0.1) is 12.8 Å². The maximum absolute atomic E-state index is 5.28. The van der Waals surface area contributed by atoms with Gasteiger partial charge < -0.3 is 10.1 Å². The first-order chi connectivity index (χ1) is 7.60. The number of ether oxygens (including phenoxy) is 1. The molecule has 16 heavy (non-hydrogen) atoms. The van der Waals surface area contributed by atoms with E-state index < -0.39 is 0 Å². The van der Waals surface area contributed by atoms with Gasteiger partial charge in [0.05, 0.1) is 7.11 Å². The maximum atomic E-state index is 5.28. The number of likely N-dealkylation sites (N-methyl/N-ethyl adjacent to an activating group) is 1. The Bertz CT molecular complexity index is 334. The van der Waals surface area contributed by atoms with Crippen molar-refractivity contribution in [3.63, 3.8) is 0 Å². The fourth-order valence-electron chi connectivity index (χ4n) is 2.09. The van der Waals surface area contributed by atoms with Gasteiger partial charge >= 0.3 is 0 Å². The molecule has 0 aliphatic rings. The first kappa shape index (κ1) is 13.0. The minimum Gasteiger partial charge on any atom is -0.496 e. The van der Waals surface area contributed by atoms with Crippen molar-refractivity contribution >= 4 is 0 Å². The molecule has 0 aliphatic carbocycles. The smallest absolute Gasteiger partial charge is 0.121 e. The molecule has 2 nitrogen and oxygen atoms in total. The number of aryl methyl sites for hydroxylation is 1. The van der Waals surface area contributed by atoms with Gasteiger partial charge in [-0.15, -0.1) is 0 Å². The summed E-state index contributed by atoms with van der Waals surface area (Å²) in [6, 6.07) is 6.48. The van der Waals surface area contributed by atoms with Gasteiger partial charge in [-0.1, -0.05) is 26.0 Å². The Balaban J connectivity index is 2.97. The Labute approximate surface area is 99.0 Å². The molecule has 0 spiro atoms. The Hall–Kier alpha value is -1.02. The standard InChI is InChI=1S/C14H23NO/c1-10(2)13(9-15-4)12-6-7-14(16-5)11(3)8-12/h6-8,10,13,15H,9H2,1-5H3. The summed E-state index contributed by atoms with van der Waals surface area (Å²) >= 11 is 0. The van der Waals surface area contributed by atoms with E-state index in [0.717, 1.165) is 12.3 Å². The average Bonchev–Trinajstić information content (AvgIpc) is 2.25. The zero-order valence-electron chi connectivity index (χ0n) is 11.0. The third kappa shape index (κ3) is 2.99. The second-order valence-corrected chi connectivity index (χ2v) is 4.64. The predicted molar refractivity (Wildman–Crippen MR) is 69.2 cm³/mol. The zero-order chi connectivity index (χ0) is 12.1. The van der Waals surface area contributed by atoms with Crippen LogP contribution < -0.4 is 10.1 Å². The number of rotatable bonds is 5. The molecule has 90 valence electrons. The number of methoxy groups -OCH3 is 1.